The summed E-state index contributed by atoms with van der Waals surface area (Å²) in [6.45, 7) is 4.80. The maximum atomic E-state index is 12.1. The van der Waals surface area contributed by atoms with Crippen LogP contribution in [-0.2, 0) is 9.53 Å². The van der Waals surface area contributed by atoms with Gasteiger partial charge in [0.2, 0.25) is 0 Å². The molecule has 1 saturated heterocycles. The third-order valence-electron chi connectivity index (χ3n) is 5.11. The monoisotopic (exact) mass is 424 g/mol. The number of nitriles is 1. The van der Waals surface area contributed by atoms with Gasteiger partial charge in [-0.2, -0.15) is 5.26 Å². The number of hydrogen-bond donors (Lipinski definition) is 4. The summed E-state index contributed by atoms with van der Waals surface area (Å²) in [5, 5.41) is 35.4. The summed E-state index contributed by atoms with van der Waals surface area (Å²) in [7, 11) is 0. The number of nitrogens with one attached hydrogen (secondary N) is 2. The molecule has 1 fully saturated rings. The van der Waals surface area contributed by atoms with Crippen LogP contribution in [0.2, 0.25) is 0 Å². The minimum Gasteiger partial charge on any atom is -0.394 e. The lowest BCUT2D eigenvalue weighted by Gasteiger charge is -2.26. The average Bonchev–Trinajstić information content (AvgIpc) is 2.81. The van der Waals surface area contributed by atoms with E-state index in [9.17, 15) is 15.2 Å². The molecule has 1 aliphatic rings. The molecule has 3 rings (SSSR count). The number of rotatable bonds is 9. The van der Waals surface area contributed by atoms with E-state index in [-0.39, 0.29) is 12.1 Å². The zero-order valence-electron chi connectivity index (χ0n) is 17.4. The Balaban J connectivity index is 1.62. The molecule has 0 aromatic heterocycles. The van der Waals surface area contributed by atoms with E-state index < -0.39 is 18.6 Å². The van der Waals surface area contributed by atoms with Gasteiger partial charge in [-0.25, -0.2) is 0 Å². The highest BCUT2D eigenvalue weighted by Gasteiger charge is 2.12. The summed E-state index contributed by atoms with van der Waals surface area (Å²) in [5.41, 5.74) is 1.71. The summed E-state index contributed by atoms with van der Waals surface area (Å²) < 4.78 is 5.37. The predicted octanol–water partition coefficient (Wildman–Crippen LogP) is 0.960. The van der Waals surface area contributed by atoms with Crippen molar-refractivity contribution in [2.45, 2.75) is 6.10 Å². The van der Waals surface area contributed by atoms with E-state index in [2.05, 4.69) is 21.6 Å². The second kappa shape index (κ2) is 11.4. The minimum absolute atomic E-state index is 0.0640. The van der Waals surface area contributed by atoms with Crippen LogP contribution in [0.15, 0.2) is 42.0 Å². The lowest BCUT2D eigenvalue weighted by Crippen LogP contribution is -2.38. The first-order chi connectivity index (χ1) is 15.1. The summed E-state index contributed by atoms with van der Waals surface area (Å²) in [5.74, 6) is -0.588. The van der Waals surface area contributed by atoms with Gasteiger partial charge < -0.3 is 25.6 Å². The van der Waals surface area contributed by atoms with E-state index >= 15 is 0 Å². The van der Waals surface area contributed by atoms with Gasteiger partial charge in [0.25, 0.3) is 5.91 Å². The van der Waals surface area contributed by atoms with Crippen molar-refractivity contribution in [3.63, 3.8) is 0 Å². The number of nitrogens with zero attached hydrogens (tertiary/aromatic N) is 2. The maximum absolute atomic E-state index is 12.1. The molecule has 8 nitrogen and oxygen atoms in total. The molecule has 1 unspecified atom stereocenters. The lowest BCUT2D eigenvalue weighted by molar-refractivity contribution is -0.117. The number of benzene rings is 2. The third kappa shape index (κ3) is 6.77. The summed E-state index contributed by atoms with van der Waals surface area (Å²) in [6.07, 6.45) is 0.454. The van der Waals surface area contributed by atoms with Crippen LogP contribution in [0.3, 0.4) is 0 Å². The fourth-order valence-electron chi connectivity index (χ4n) is 3.33. The van der Waals surface area contributed by atoms with Gasteiger partial charge in [-0.05, 0) is 40.6 Å². The molecule has 0 saturated carbocycles. The second-order valence-electron chi connectivity index (χ2n) is 7.42. The van der Waals surface area contributed by atoms with Gasteiger partial charge >= 0.3 is 0 Å². The van der Waals surface area contributed by atoms with Crippen LogP contribution in [0.5, 0.6) is 0 Å². The van der Waals surface area contributed by atoms with Crippen LogP contribution >= 0.6 is 0 Å². The molecule has 164 valence electrons. The smallest absolute Gasteiger partial charge is 0.262 e. The van der Waals surface area contributed by atoms with E-state index in [1.54, 1.807) is 0 Å². The number of carbonyl (C=O) groups is 1. The van der Waals surface area contributed by atoms with Crippen molar-refractivity contribution in [2.24, 2.45) is 0 Å². The lowest BCUT2D eigenvalue weighted by atomic mass is 10.0. The number of amides is 1. The molecule has 1 amide bonds. The van der Waals surface area contributed by atoms with E-state index in [0.29, 0.717) is 0 Å². The number of morpholine rings is 1. The van der Waals surface area contributed by atoms with Gasteiger partial charge in [0.1, 0.15) is 11.6 Å². The second-order valence-corrected chi connectivity index (χ2v) is 7.42. The number of aliphatic hydroxyl groups excluding tert-OH is 2. The predicted molar refractivity (Wildman–Crippen MR) is 119 cm³/mol. The Morgan fingerprint density at radius 2 is 1.97 bits per heavy atom. The van der Waals surface area contributed by atoms with E-state index in [1.165, 1.54) is 6.08 Å². The first-order valence-corrected chi connectivity index (χ1v) is 10.4. The summed E-state index contributed by atoms with van der Waals surface area (Å²) in [6, 6.07) is 13.7. The minimum atomic E-state index is -1.05. The van der Waals surface area contributed by atoms with Gasteiger partial charge in [0.15, 0.2) is 0 Å². The van der Waals surface area contributed by atoms with Crippen LogP contribution in [0, 0.1) is 11.3 Å². The quantitative estimate of drug-likeness (QED) is 0.350. The van der Waals surface area contributed by atoms with Gasteiger partial charge in [0.05, 0.1) is 25.9 Å². The molecule has 0 bridgehead atoms. The zero-order chi connectivity index (χ0) is 22.1. The Hall–Kier alpha value is -2.96. The molecular formula is C23H28N4O4. The highest BCUT2D eigenvalue weighted by Crippen LogP contribution is 2.22. The number of aliphatic hydroxyl groups is 2. The standard InChI is InChI=1S/C23H28N4O4/c24-14-20(23(30)26-15-22(29)16-28)12-17-1-2-19-13-21(4-3-18(19)11-17)25-5-6-27-7-9-31-10-8-27/h1-4,11-13,22,25,28-29H,5-10,15-16H2,(H,26,30)/b20-12+. The van der Waals surface area contributed by atoms with Crippen molar-refractivity contribution >= 4 is 28.4 Å². The average molecular weight is 425 g/mol. The van der Waals surface area contributed by atoms with Gasteiger partial charge in [-0.15, -0.1) is 0 Å². The van der Waals surface area contributed by atoms with Crippen molar-refractivity contribution in [2.75, 3.05) is 57.9 Å². The molecule has 31 heavy (non-hydrogen) atoms. The molecular weight excluding hydrogens is 396 g/mol. The number of fused-ring (bicyclic) bond motifs is 1. The van der Waals surface area contributed by atoms with E-state index in [4.69, 9.17) is 9.84 Å². The van der Waals surface area contributed by atoms with Crippen molar-refractivity contribution < 1.29 is 19.7 Å². The maximum Gasteiger partial charge on any atom is 0.262 e. The normalized spacial score (nSPS) is 16.0. The Morgan fingerprint density at radius 3 is 2.71 bits per heavy atom. The SMILES string of the molecule is N#C/C(=C\c1ccc2cc(NCCN3CCOCC3)ccc2c1)C(=O)NCC(O)CO. The first kappa shape index (κ1) is 22.7. The highest BCUT2D eigenvalue weighted by molar-refractivity contribution is 6.02. The Labute approximate surface area is 181 Å². The molecule has 1 atom stereocenters. The van der Waals surface area contributed by atoms with Crippen molar-refractivity contribution in [3.8, 4) is 6.07 Å². The van der Waals surface area contributed by atoms with E-state index in [0.717, 1.165) is 61.4 Å². The summed E-state index contributed by atoms with van der Waals surface area (Å²) in [4.78, 5) is 14.5. The fourth-order valence-corrected chi connectivity index (χ4v) is 3.33. The fraction of sp³-hybridized carbons (Fsp3) is 0.391. The number of ether oxygens (including phenoxy) is 1. The Kier molecular flexibility index (Phi) is 8.38. The molecule has 1 heterocycles. The van der Waals surface area contributed by atoms with Crippen LogP contribution in [0.4, 0.5) is 5.69 Å². The largest absolute Gasteiger partial charge is 0.394 e. The molecule has 0 radical (unpaired) electrons. The molecule has 4 N–H and O–H groups in total. The van der Waals surface area contributed by atoms with Crippen LogP contribution in [0.25, 0.3) is 16.8 Å². The molecule has 2 aromatic carbocycles. The Bertz CT molecular complexity index is 964. The van der Waals surface area contributed by atoms with Crippen LogP contribution in [-0.4, -0.2) is 79.7 Å². The zero-order valence-corrected chi connectivity index (χ0v) is 17.4. The van der Waals surface area contributed by atoms with Crippen LogP contribution in [0.1, 0.15) is 5.56 Å². The van der Waals surface area contributed by atoms with Gasteiger partial charge in [-0.3, -0.25) is 9.69 Å². The third-order valence-corrected chi connectivity index (χ3v) is 5.11. The van der Waals surface area contributed by atoms with Gasteiger partial charge in [-0.1, -0.05) is 18.2 Å². The summed E-state index contributed by atoms with van der Waals surface area (Å²) >= 11 is 0. The molecule has 0 spiro atoms. The van der Waals surface area contributed by atoms with Crippen molar-refractivity contribution in [3.05, 3.63) is 47.5 Å². The van der Waals surface area contributed by atoms with Crippen LogP contribution < -0.4 is 10.6 Å². The number of carbonyl (C=O) groups excluding carboxylic acids is 1. The molecule has 0 aliphatic carbocycles. The number of anilines is 1. The van der Waals surface area contributed by atoms with Gasteiger partial charge in [0, 0.05) is 38.4 Å². The van der Waals surface area contributed by atoms with Crippen molar-refractivity contribution in [1.82, 2.24) is 10.2 Å². The molecule has 1 aliphatic heterocycles. The Morgan fingerprint density at radius 1 is 1.23 bits per heavy atom. The van der Waals surface area contributed by atoms with E-state index in [1.807, 2.05) is 36.4 Å². The van der Waals surface area contributed by atoms with Crippen molar-refractivity contribution in [1.29, 1.82) is 5.26 Å². The number of hydrogen-bond acceptors (Lipinski definition) is 7. The molecule has 2 aromatic rings. The topological polar surface area (TPSA) is 118 Å². The highest BCUT2D eigenvalue weighted by atomic mass is 16.5. The molecule has 8 heteroatoms. The first-order valence-electron chi connectivity index (χ1n) is 10.4.